The van der Waals surface area contributed by atoms with Crippen LogP contribution in [0.1, 0.15) is 32.5 Å². The van der Waals surface area contributed by atoms with E-state index in [-0.39, 0.29) is 0 Å². The van der Waals surface area contributed by atoms with Crippen molar-refractivity contribution in [2.24, 2.45) is 0 Å². The normalized spacial score (nSPS) is 15.1. The number of hydrogen-bond acceptors (Lipinski definition) is 4. The highest BCUT2D eigenvalue weighted by atomic mass is 32.1. The lowest BCUT2D eigenvalue weighted by molar-refractivity contribution is 0.135. The Morgan fingerprint density at radius 2 is 2.06 bits per heavy atom. The summed E-state index contributed by atoms with van der Waals surface area (Å²) in [6.07, 6.45) is -0.617. The summed E-state index contributed by atoms with van der Waals surface area (Å²) in [5, 5.41) is 19.0. The fourth-order valence-electron chi connectivity index (χ4n) is 2.03. The summed E-state index contributed by atoms with van der Waals surface area (Å²) in [5.74, 6) is 0. The summed E-state index contributed by atoms with van der Waals surface area (Å²) in [7, 11) is 0. The Labute approximate surface area is 109 Å². The Morgan fingerprint density at radius 3 is 2.72 bits per heavy atom. The van der Waals surface area contributed by atoms with Gasteiger partial charge < -0.3 is 9.84 Å². The van der Waals surface area contributed by atoms with Crippen LogP contribution in [0, 0.1) is 11.3 Å². The summed E-state index contributed by atoms with van der Waals surface area (Å²) < 4.78 is 5.32. The number of thiophene rings is 1. The van der Waals surface area contributed by atoms with Crippen LogP contribution in [0.5, 0.6) is 0 Å². The molecule has 0 amide bonds. The predicted octanol–water partition coefficient (Wildman–Crippen LogP) is 2.73. The van der Waals surface area contributed by atoms with Crippen molar-refractivity contribution in [2.45, 2.75) is 19.3 Å². The minimum atomic E-state index is -0.617. The minimum absolute atomic E-state index is 0.605. The van der Waals surface area contributed by atoms with Crippen LogP contribution in [0.3, 0.4) is 0 Å². The van der Waals surface area contributed by atoms with E-state index in [1.54, 1.807) is 35.6 Å². The molecule has 1 N–H and O–H groups in total. The second-order valence-corrected chi connectivity index (χ2v) is 5.39. The maximum absolute atomic E-state index is 10.3. The molecule has 1 aliphatic rings. The van der Waals surface area contributed by atoms with E-state index in [1.807, 2.05) is 6.07 Å². The molecule has 1 aliphatic heterocycles. The average Bonchev–Trinajstić information content (AvgIpc) is 2.99. The van der Waals surface area contributed by atoms with Crippen LogP contribution in [0.4, 0.5) is 0 Å². The molecule has 0 fully saturated rings. The van der Waals surface area contributed by atoms with Gasteiger partial charge in [-0.3, -0.25) is 0 Å². The van der Waals surface area contributed by atoms with E-state index in [9.17, 15) is 5.11 Å². The Balaban J connectivity index is 1.88. The zero-order valence-corrected chi connectivity index (χ0v) is 10.4. The standard InChI is InChI=1S/C14H11NO2S/c15-6-9-1-3-10(4-2-9)14(16)12-5-11-7-17-8-13(11)18-12/h1-5,14,16H,7-8H2/t14-/m1/s1. The van der Waals surface area contributed by atoms with Gasteiger partial charge in [0.1, 0.15) is 6.10 Å². The van der Waals surface area contributed by atoms with Gasteiger partial charge in [0.25, 0.3) is 0 Å². The van der Waals surface area contributed by atoms with Gasteiger partial charge in [-0.1, -0.05) is 12.1 Å². The number of aliphatic hydroxyl groups is 1. The Morgan fingerprint density at radius 1 is 1.28 bits per heavy atom. The van der Waals surface area contributed by atoms with Crippen LogP contribution < -0.4 is 0 Å². The van der Waals surface area contributed by atoms with E-state index in [1.165, 1.54) is 10.4 Å². The van der Waals surface area contributed by atoms with Gasteiger partial charge in [0.15, 0.2) is 0 Å². The molecular weight excluding hydrogens is 246 g/mol. The smallest absolute Gasteiger partial charge is 0.113 e. The number of nitriles is 1. The molecule has 0 spiro atoms. The summed E-state index contributed by atoms with van der Waals surface area (Å²) in [6, 6.07) is 11.1. The van der Waals surface area contributed by atoms with Crippen LogP contribution in [0.2, 0.25) is 0 Å². The SMILES string of the molecule is N#Cc1ccc([C@@H](O)c2cc3c(s2)COC3)cc1. The molecular formula is C14H11NO2S. The lowest BCUT2D eigenvalue weighted by Crippen LogP contribution is -1.97. The third-order valence-corrected chi connectivity index (χ3v) is 4.23. The second-order valence-electron chi connectivity index (χ2n) is 4.23. The molecule has 4 heteroatoms. The summed E-state index contributed by atoms with van der Waals surface area (Å²) in [5.41, 5.74) is 2.60. The quantitative estimate of drug-likeness (QED) is 0.900. The molecule has 1 atom stereocenters. The van der Waals surface area contributed by atoms with Crippen molar-refractivity contribution in [3.63, 3.8) is 0 Å². The summed E-state index contributed by atoms with van der Waals surface area (Å²) >= 11 is 1.59. The maximum atomic E-state index is 10.3. The van der Waals surface area contributed by atoms with Crippen LogP contribution >= 0.6 is 11.3 Å². The van der Waals surface area contributed by atoms with E-state index in [0.29, 0.717) is 18.8 Å². The molecule has 1 aromatic heterocycles. The molecule has 18 heavy (non-hydrogen) atoms. The molecule has 0 aliphatic carbocycles. The molecule has 0 saturated heterocycles. The number of rotatable bonds is 2. The zero-order valence-electron chi connectivity index (χ0n) is 9.59. The molecule has 3 nitrogen and oxygen atoms in total. The van der Waals surface area contributed by atoms with Crippen molar-refractivity contribution < 1.29 is 9.84 Å². The first-order valence-electron chi connectivity index (χ1n) is 5.65. The average molecular weight is 257 g/mol. The van der Waals surface area contributed by atoms with Gasteiger partial charge >= 0.3 is 0 Å². The molecule has 3 rings (SSSR count). The maximum Gasteiger partial charge on any atom is 0.113 e. The molecule has 0 bridgehead atoms. The highest BCUT2D eigenvalue weighted by molar-refractivity contribution is 7.12. The fourth-order valence-corrected chi connectivity index (χ4v) is 3.15. The van der Waals surface area contributed by atoms with Gasteiger partial charge in [-0.25, -0.2) is 0 Å². The van der Waals surface area contributed by atoms with E-state index in [4.69, 9.17) is 10.00 Å². The topological polar surface area (TPSA) is 53.2 Å². The summed E-state index contributed by atoms with van der Waals surface area (Å²) in [4.78, 5) is 2.14. The van der Waals surface area contributed by atoms with Crippen LogP contribution in [-0.2, 0) is 18.0 Å². The first kappa shape index (κ1) is 11.4. The summed E-state index contributed by atoms with van der Waals surface area (Å²) in [6.45, 7) is 1.30. The van der Waals surface area contributed by atoms with Crippen LogP contribution in [0.15, 0.2) is 30.3 Å². The number of aliphatic hydroxyl groups excluding tert-OH is 1. The monoisotopic (exact) mass is 257 g/mol. The third-order valence-electron chi connectivity index (χ3n) is 3.03. The van der Waals surface area contributed by atoms with Gasteiger partial charge in [0, 0.05) is 9.75 Å². The number of nitrogens with zero attached hydrogens (tertiary/aromatic N) is 1. The van der Waals surface area contributed by atoms with Gasteiger partial charge in [0.2, 0.25) is 0 Å². The van der Waals surface area contributed by atoms with E-state index in [2.05, 4.69) is 6.07 Å². The van der Waals surface area contributed by atoms with Crippen molar-refractivity contribution >= 4 is 11.3 Å². The molecule has 2 aromatic rings. The van der Waals surface area contributed by atoms with Gasteiger partial charge in [-0.05, 0) is 29.3 Å². The largest absolute Gasteiger partial charge is 0.383 e. The van der Waals surface area contributed by atoms with Gasteiger partial charge in [0.05, 0.1) is 24.8 Å². The molecule has 0 unspecified atom stereocenters. The van der Waals surface area contributed by atoms with Gasteiger partial charge in [-0.2, -0.15) is 5.26 Å². The zero-order chi connectivity index (χ0) is 12.5. The number of ether oxygens (including phenoxy) is 1. The van der Waals surface area contributed by atoms with E-state index < -0.39 is 6.10 Å². The lowest BCUT2D eigenvalue weighted by Gasteiger charge is -2.08. The van der Waals surface area contributed by atoms with Crippen molar-refractivity contribution in [1.82, 2.24) is 0 Å². The Hall–Kier alpha value is -1.67. The van der Waals surface area contributed by atoms with Gasteiger partial charge in [-0.15, -0.1) is 11.3 Å². The lowest BCUT2D eigenvalue weighted by atomic mass is 10.1. The Kier molecular flexibility index (Phi) is 2.88. The molecule has 1 aromatic carbocycles. The highest BCUT2D eigenvalue weighted by Gasteiger charge is 2.20. The fraction of sp³-hybridized carbons (Fsp3) is 0.214. The third kappa shape index (κ3) is 1.93. The van der Waals surface area contributed by atoms with Crippen LogP contribution in [-0.4, -0.2) is 5.11 Å². The van der Waals surface area contributed by atoms with Crippen molar-refractivity contribution in [2.75, 3.05) is 0 Å². The van der Waals surface area contributed by atoms with E-state index >= 15 is 0 Å². The molecule has 2 heterocycles. The number of hydrogen-bond donors (Lipinski definition) is 1. The molecule has 0 saturated carbocycles. The highest BCUT2D eigenvalue weighted by Crippen LogP contribution is 2.35. The van der Waals surface area contributed by atoms with Crippen molar-refractivity contribution in [3.8, 4) is 6.07 Å². The second kappa shape index (κ2) is 4.54. The number of fused-ring (bicyclic) bond motifs is 1. The number of benzene rings is 1. The first-order chi connectivity index (χ1) is 8.78. The molecule has 0 radical (unpaired) electrons. The van der Waals surface area contributed by atoms with Crippen molar-refractivity contribution in [3.05, 3.63) is 56.8 Å². The van der Waals surface area contributed by atoms with Crippen molar-refractivity contribution in [1.29, 1.82) is 5.26 Å². The van der Waals surface area contributed by atoms with Crippen LogP contribution in [0.25, 0.3) is 0 Å². The minimum Gasteiger partial charge on any atom is -0.383 e. The van der Waals surface area contributed by atoms with E-state index in [0.717, 1.165) is 10.4 Å². The Bertz CT molecular complexity index is 588. The predicted molar refractivity (Wildman–Crippen MR) is 68.0 cm³/mol. The molecule has 90 valence electrons. The first-order valence-corrected chi connectivity index (χ1v) is 6.47.